The van der Waals surface area contributed by atoms with Crippen molar-refractivity contribution < 1.29 is 4.79 Å². The minimum atomic E-state index is -0.0419. The molecule has 4 nitrogen and oxygen atoms in total. The summed E-state index contributed by atoms with van der Waals surface area (Å²) in [6.07, 6.45) is 1.79. The summed E-state index contributed by atoms with van der Waals surface area (Å²) in [5, 5.41) is 1.22. The van der Waals surface area contributed by atoms with Gasteiger partial charge in [0.2, 0.25) is 0 Å². The van der Waals surface area contributed by atoms with Crippen molar-refractivity contribution in [3.05, 3.63) is 70.0 Å². The maximum atomic E-state index is 12.7. The maximum absolute atomic E-state index is 12.7. The number of aryl methyl sites for hydroxylation is 1. The Morgan fingerprint density at radius 1 is 1.08 bits per heavy atom. The number of fused-ring (bicyclic) bond motifs is 1. The third-order valence-corrected chi connectivity index (χ3v) is 5.27. The Labute approximate surface area is 157 Å². The average Bonchev–Trinajstić information content (AvgIpc) is 2.68. The van der Waals surface area contributed by atoms with Gasteiger partial charge in [-0.1, -0.05) is 62.0 Å². The van der Waals surface area contributed by atoms with Crippen molar-refractivity contribution in [3.63, 3.8) is 0 Å². The molecule has 0 aliphatic rings. The van der Waals surface area contributed by atoms with Gasteiger partial charge in [0.15, 0.2) is 10.9 Å². The number of benzene rings is 2. The fourth-order valence-corrected chi connectivity index (χ4v) is 3.74. The van der Waals surface area contributed by atoms with Crippen LogP contribution in [0.1, 0.15) is 36.2 Å². The van der Waals surface area contributed by atoms with Crippen molar-refractivity contribution >= 4 is 28.4 Å². The van der Waals surface area contributed by atoms with Crippen LogP contribution in [0, 0.1) is 0 Å². The molecule has 0 saturated carbocycles. The van der Waals surface area contributed by atoms with E-state index < -0.39 is 0 Å². The molecule has 3 rings (SSSR count). The van der Waals surface area contributed by atoms with Gasteiger partial charge in [0.25, 0.3) is 5.56 Å². The lowest BCUT2D eigenvalue weighted by atomic mass is 10.1. The topological polar surface area (TPSA) is 52.0 Å². The van der Waals surface area contributed by atoms with Crippen LogP contribution in [0.15, 0.2) is 58.5 Å². The van der Waals surface area contributed by atoms with E-state index in [2.05, 4.69) is 11.9 Å². The Hall–Kier alpha value is -2.40. The number of hydrogen-bond donors (Lipinski definition) is 0. The van der Waals surface area contributed by atoms with Gasteiger partial charge in [-0.2, -0.15) is 0 Å². The van der Waals surface area contributed by atoms with E-state index in [1.165, 1.54) is 17.3 Å². The van der Waals surface area contributed by atoms with Gasteiger partial charge < -0.3 is 0 Å². The molecule has 0 fully saturated rings. The van der Waals surface area contributed by atoms with E-state index in [4.69, 9.17) is 0 Å². The van der Waals surface area contributed by atoms with E-state index in [0.717, 1.165) is 12.8 Å². The second kappa shape index (κ2) is 8.32. The number of para-hydroxylation sites is 1. The van der Waals surface area contributed by atoms with E-state index in [1.807, 2.05) is 49.4 Å². The fraction of sp³-hybridized carbons (Fsp3) is 0.286. The molecule has 0 amide bonds. The van der Waals surface area contributed by atoms with E-state index in [0.29, 0.717) is 28.2 Å². The van der Waals surface area contributed by atoms with Crippen LogP contribution in [0.2, 0.25) is 0 Å². The molecule has 0 saturated heterocycles. The molecule has 2 aromatic carbocycles. The highest BCUT2D eigenvalue weighted by Gasteiger charge is 2.13. The van der Waals surface area contributed by atoms with Crippen LogP contribution in [-0.4, -0.2) is 21.1 Å². The maximum Gasteiger partial charge on any atom is 0.262 e. The summed E-state index contributed by atoms with van der Waals surface area (Å²) in [6, 6.07) is 15.1. The van der Waals surface area contributed by atoms with Gasteiger partial charge in [-0.3, -0.25) is 14.2 Å². The van der Waals surface area contributed by atoms with Crippen LogP contribution in [0.4, 0.5) is 0 Å². The number of ketones is 1. The lowest BCUT2D eigenvalue weighted by molar-refractivity contribution is 0.102. The number of nitrogens with zero attached hydrogens (tertiary/aromatic N) is 2. The van der Waals surface area contributed by atoms with E-state index in [9.17, 15) is 9.59 Å². The Morgan fingerprint density at radius 2 is 1.81 bits per heavy atom. The van der Waals surface area contributed by atoms with Crippen LogP contribution in [-0.2, 0) is 13.0 Å². The number of Topliss-reactive ketones (excluding diaryl/α,β-unsaturated/α-hetero) is 1. The van der Waals surface area contributed by atoms with E-state index in [-0.39, 0.29) is 17.1 Å². The smallest absolute Gasteiger partial charge is 0.262 e. The van der Waals surface area contributed by atoms with Crippen LogP contribution < -0.4 is 5.56 Å². The van der Waals surface area contributed by atoms with Crippen molar-refractivity contribution in [1.29, 1.82) is 0 Å². The van der Waals surface area contributed by atoms with Crippen LogP contribution in [0.5, 0.6) is 0 Å². The SMILES string of the molecule is CCCn1c(SCC(=O)c2ccc(CC)cc2)nc2ccccc2c1=O. The third-order valence-electron chi connectivity index (χ3n) is 4.29. The molecule has 1 heterocycles. The van der Waals surface area contributed by atoms with Gasteiger partial charge in [0.1, 0.15) is 0 Å². The Bertz CT molecular complexity index is 977. The molecule has 0 aliphatic carbocycles. The highest BCUT2D eigenvalue weighted by atomic mass is 32.2. The molecule has 3 aromatic rings. The number of carbonyl (C=O) groups excluding carboxylic acids is 1. The molecule has 0 spiro atoms. The highest BCUT2D eigenvalue weighted by molar-refractivity contribution is 7.99. The number of rotatable bonds is 7. The zero-order valence-corrected chi connectivity index (χ0v) is 15.9. The first kappa shape index (κ1) is 18.4. The molecular formula is C21H22N2O2S. The summed E-state index contributed by atoms with van der Waals surface area (Å²) >= 11 is 1.33. The molecule has 5 heteroatoms. The summed E-state index contributed by atoms with van der Waals surface area (Å²) < 4.78 is 1.68. The standard InChI is InChI=1S/C21H22N2O2S/c1-3-13-23-20(25)17-7-5-6-8-18(17)22-21(23)26-14-19(24)16-11-9-15(4-2)10-12-16/h5-12H,3-4,13-14H2,1-2H3. The molecule has 26 heavy (non-hydrogen) atoms. The first-order chi connectivity index (χ1) is 12.6. The average molecular weight is 366 g/mol. The summed E-state index contributed by atoms with van der Waals surface area (Å²) in [5.41, 5.74) is 2.54. The summed E-state index contributed by atoms with van der Waals surface area (Å²) in [4.78, 5) is 29.9. The van der Waals surface area contributed by atoms with Crippen LogP contribution >= 0.6 is 11.8 Å². The van der Waals surface area contributed by atoms with E-state index >= 15 is 0 Å². The lowest BCUT2D eigenvalue weighted by Gasteiger charge is -2.12. The van der Waals surface area contributed by atoms with Gasteiger partial charge in [0.05, 0.1) is 16.7 Å². The molecule has 0 unspecified atom stereocenters. The fourth-order valence-electron chi connectivity index (χ4n) is 2.82. The summed E-state index contributed by atoms with van der Waals surface area (Å²) in [6.45, 7) is 4.71. The molecule has 1 aromatic heterocycles. The predicted molar refractivity (Wildman–Crippen MR) is 107 cm³/mol. The highest BCUT2D eigenvalue weighted by Crippen LogP contribution is 2.20. The first-order valence-corrected chi connectivity index (χ1v) is 9.87. The minimum absolute atomic E-state index is 0.0419. The van der Waals surface area contributed by atoms with Gasteiger partial charge in [-0.15, -0.1) is 0 Å². The first-order valence-electron chi connectivity index (χ1n) is 8.88. The van der Waals surface area contributed by atoms with Crippen molar-refractivity contribution in [2.75, 3.05) is 5.75 Å². The second-order valence-corrected chi connectivity index (χ2v) is 7.07. The molecular weight excluding hydrogens is 344 g/mol. The minimum Gasteiger partial charge on any atom is -0.293 e. The second-order valence-electron chi connectivity index (χ2n) is 6.13. The quantitative estimate of drug-likeness (QED) is 0.354. The van der Waals surface area contributed by atoms with Crippen molar-refractivity contribution in [1.82, 2.24) is 9.55 Å². The molecule has 134 valence electrons. The zero-order valence-electron chi connectivity index (χ0n) is 15.1. The Morgan fingerprint density at radius 3 is 2.50 bits per heavy atom. The van der Waals surface area contributed by atoms with Gasteiger partial charge >= 0.3 is 0 Å². The van der Waals surface area contributed by atoms with Crippen molar-refractivity contribution in [2.24, 2.45) is 0 Å². The third kappa shape index (κ3) is 3.88. The van der Waals surface area contributed by atoms with Crippen LogP contribution in [0.3, 0.4) is 0 Å². The Balaban J connectivity index is 1.86. The number of thioether (sulfide) groups is 1. The monoisotopic (exact) mass is 366 g/mol. The number of aromatic nitrogens is 2. The van der Waals surface area contributed by atoms with Crippen LogP contribution in [0.25, 0.3) is 10.9 Å². The molecule has 0 aliphatic heterocycles. The molecule has 0 radical (unpaired) electrons. The van der Waals surface area contributed by atoms with Crippen molar-refractivity contribution in [2.45, 2.75) is 38.4 Å². The van der Waals surface area contributed by atoms with Gasteiger partial charge in [-0.25, -0.2) is 4.98 Å². The zero-order chi connectivity index (χ0) is 18.5. The van der Waals surface area contributed by atoms with Crippen molar-refractivity contribution in [3.8, 4) is 0 Å². The number of hydrogen-bond acceptors (Lipinski definition) is 4. The van der Waals surface area contributed by atoms with Gasteiger partial charge in [0, 0.05) is 12.1 Å². The molecule has 0 N–H and O–H groups in total. The number of carbonyl (C=O) groups is 1. The molecule has 0 atom stereocenters. The predicted octanol–water partition coefficient (Wildman–Crippen LogP) is 4.34. The molecule has 0 bridgehead atoms. The summed E-state index contributed by atoms with van der Waals surface area (Å²) in [5.74, 6) is 0.308. The lowest BCUT2D eigenvalue weighted by Crippen LogP contribution is -2.23. The summed E-state index contributed by atoms with van der Waals surface area (Å²) in [7, 11) is 0. The largest absolute Gasteiger partial charge is 0.293 e. The van der Waals surface area contributed by atoms with E-state index in [1.54, 1.807) is 10.6 Å². The Kier molecular flexibility index (Phi) is 5.89. The normalized spacial score (nSPS) is 11.0. The van der Waals surface area contributed by atoms with Gasteiger partial charge in [-0.05, 0) is 30.5 Å².